The fraction of sp³-hybridized carbons (Fsp3) is 0.750. The molecule has 0 aromatic carbocycles. The zero-order valence-corrected chi connectivity index (χ0v) is 11.7. The van der Waals surface area contributed by atoms with Gasteiger partial charge in [0.2, 0.25) is 0 Å². The number of hydrogen-bond acceptors (Lipinski definition) is 6. The Bertz CT molecular complexity index is 340. The maximum Gasteiger partial charge on any atom is 0.107 e. The molecule has 0 atom stereocenters. The van der Waals surface area contributed by atoms with Gasteiger partial charge < -0.3 is 14.8 Å². The number of morpholine rings is 1. The van der Waals surface area contributed by atoms with Gasteiger partial charge in [0, 0.05) is 44.4 Å². The second-order valence-corrected chi connectivity index (χ2v) is 5.48. The number of nitrogens with one attached hydrogen (secondary N) is 1. The van der Waals surface area contributed by atoms with E-state index in [9.17, 15) is 0 Å². The Labute approximate surface area is 112 Å². The molecule has 6 heteroatoms. The molecule has 1 N–H and O–H groups in total. The van der Waals surface area contributed by atoms with E-state index in [0.717, 1.165) is 52.5 Å². The van der Waals surface area contributed by atoms with Gasteiger partial charge >= 0.3 is 0 Å². The highest BCUT2D eigenvalue weighted by molar-refractivity contribution is 7.11. The molecule has 18 heavy (non-hydrogen) atoms. The maximum absolute atomic E-state index is 5.34. The summed E-state index contributed by atoms with van der Waals surface area (Å²) in [4.78, 5) is 8.15. The number of thiazole rings is 1. The van der Waals surface area contributed by atoms with Crippen LogP contribution < -0.4 is 5.32 Å². The summed E-state index contributed by atoms with van der Waals surface area (Å²) in [5.74, 6) is 0. The maximum atomic E-state index is 5.34. The highest BCUT2D eigenvalue weighted by Gasteiger charge is 2.12. The fourth-order valence-corrected chi connectivity index (χ4v) is 2.77. The Morgan fingerprint density at radius 2 is 2.33 bits per heavy atom. The van der Waals surface area contributed by atoms with Gasteiger partial charge in [-0.15, -0.1) is 11.3 Å². The third-order valence-corrected chi connectivity index (χ3v) is 3.83. The smallest absolute Gasteiger partial charge is 0.107 e. The van der Waals surface area contributed by atoms with E-state index in [4.69, 9.17) is 9.47 Å². The van der Waals surface area contributed by atoms with Gasteiger partial charge in [-0.1, -0.05) is 0 Å². The number of hydrogen-bond donors (Lipinski definition) is 1. The predicted molar refractivity (Wildman–Crippen MR) is 71.8 cm³/mol. The van der Waals surface area contributed by atoms with E-state index < -0.39 is 0 Å². The Balaban J connectivity index is 1.71. The molecule has 0 saturated carbocycles. The Kier molecular flexibility index (Phi) is 6.02. The van der Waals surface area contributed by atoms with Crippen LogP contribution in [0.1, 0.15) is 9.88 Å². The van der Waals surface area contributed by atoms with Gasteiger partial charge in [-0.2, -0.15) is 0 Å². The average molecular weight is 271 g/mol. The van der Waals surface area contributed by atoms with E-state index in [0.29, 0.717) is 0 Å². The first kappa shape index (κ1) is 13.9. The van der Waals surface area contributed by atoms with Crippen LogP contribution in [0, 0.1) is 0 Å². The molecule has 1 aromatic rings. The van der Waals surface area contributed by atoms with Crippen LogP contribution in [-0.2, 0) is 22.6 Å². The van der Waals surface area contributed by atoms with Crippen molar-refractivity contribution in [2.75, 3.05) is 46.6 Å². The van der Waals surface area contributed by atoms with Crippen LogP contribution in [0.2, 0.25) is 0 Å². The number of methoxy groups -OCH3 is 1. The van der Waals surface area contributed by atoms with Crippen molar-refractivity contribution in [1.82, 2.24) is 15.2 Å². The van der Waals surface area contributed by atoms with Crippen LogP contribution in [0.4, 0.5) is 0 Å². The third kappa shape index (κ3) is 4.62. The van der Waals surface area contributed by atoms with Crippen LogP contribution in [-0.4, -0.2) is 56.4 Å². The molecule has 0 amide bonds. The van der Waals surface area contributed by atoms with Crippen LogP contribution in [0.25, 0.3) is 0 Å². The Morgan fingerprint density at radius 1 is 1.50 bits per heavy atom. The Hall–Kier alpha value is -0.530. The monoisotopic (exact) mass is 271 g/mol. The van der Waals surface area contributed by atoms with E-state index in [2.05, 4.69) is 15.2 Å². The SMILES string of the molecule is COCCNCc1cnc(CN2CCOCC2)s1. The first-order valence-corrected chi connectivity index (χ1v) is 7.13. The summed E-state index contributed by atoms with van der Waals surface area (Å²) in [6.45, 7) is 7.18. The molecule has 2 rings (SSSR count). The second kappa shape index (κ2) is 7.81. The van der Waals surface area contributed by atoms with E-state index in [-0.39, 0.29) is 0 Å². The summed E-state index contributed by atoms with van der Waals surface area (Å²) in [6.07, 6.45) is 1.97. The van der Waals surface area contributed by atoms with E-state index in [1.807, 2.05) is 6.20 Å². The quantitative estimate of drug-likeness (QED) is 0.740. The van der Waals surface area contributed by atoms with Gasteiger partial charge in [0.25, 0.3) is 0 Å². The largest absolute Gasteiger partial charge is 0.383 e. The van der Waals surface area contributed by atoms with Crippen LogP contribution in [0.15, 0.2) is 6.20 Å². The summed E-state index contributed by atoms with van der Waals surface area (Å²) in [7, 11) is 1.72. The molecule has 1 fully saturated rings. The zero-order valence-electron chi connectivity index (χ0n) is 10.9. The molecule has 102 valence electrons. The van der Waals surface area contributed by atoms with E-state index in [1.165, 1.54) is 9.88 Å². The van der Waals surface area contributed by atoms with E-state index >= 15 is 0 Å². The van der Waals surface area contributed by atoms with Gasteiger partial charge in [0.15, 0.2) is 0 Å². The Morgan fingerprint density at radius 3 is 3.11 bits per heavy atom. The van der Waals surface area contributed by atoms with Gasteiger partial charge in [-0.3, -0.25) is 4.90 Å². The molecule has 0 aliphatic carbocycles. The van der Waals surface area contributed by atoms with Crippen LogP contribution >= 0.6 is 11.3 Å². The third-order valence-electron chi connectivity index (χ3n) is 2.85. The molecule has 0 radical (unpaired) electrons. The summed E-state index contributed by atoms with van der Waals surface area (Å²) < 4.78 is 10.3. The lowest BCUT2D eigenvalue weighted by atomic mass is 10.4. The van der Waals surface area contributed by atoms with Crippen molar-refractivity contribution in [3.63, 3.8) is 0 Å². The van der Waals surface area contributed by atoms with Gasteiger partial charge in [0.05, 0.1) is 26.4 Å². The highest BCUT2D eigenvalue weighted by Crippen LogP contribution is 2.15. The molecule has 2 heterocycles. The molecule has 1 aliphatic rings. The molecule has 1 aliphatic heterocycles. The normalized spacial score (nSPS) is 17.2. The van der Waals surface area contributed by atoms with Gasteiger partial charge in [0.1, 0.15) is 5.01 Å². The van der Waals surface area contributed by atoms with Crippen LogP contribution in [0.3, 0.4) is 0 Å². The minimum absolute atomic E-state index is 0.749. The van der Waals surface area contributed by atoms with E-state index in [1.54, 1.807) is 18.4 Å². The molecule has 0 bridgehead atoms. The minimum atomic E-state index is 0.749. The van der Waals surface area contributed by atoms with Crippen molar-refractivity contribution in [3.05, 3.63) is 16.1 Å². The number of aromatic nitrogens is 1. The topological polar surface area (TPSA) is 46.6 Å². The standard InChI is InChI=1S/C12H21N3O2S/c1-16-5-2-13-8-11-9-14-12(18-11)10-15-3-6-17-7-4-15/h9,13H,2-8,10H2,1H3. The first-order valence-electron chi connectivity index (χ1n) is 6.32. The minimum Gasteiger partial charge on any atom is -0.383 e. The summed E-state index contributed by atoms with van der Waals surface area (Å²) in [6, 6.07) is 0. The first-order chi connectivity index (χ1) is 8.88. The lowest BCUT2D eigenvalue weighted by Crippen LogP contribution is -2.35. The van der Waals surface area contributed by atoms with Crippen molar-refractivity contribution >= 4 is 11.3 Å². The lowest BCUT2D eigenvalue weighted by molar-refractivity contribution is 0.0341. The average Bonchev–Trinajstić information content (AvgIpc) is 2.84. The van der Waals surface area contributed by atoms with Gasteiger partial charge in [-0.05, 0) is 0 Å². The van der Waals surface area contributed by atoms with Crippen molar-refractivity contribution in [1.29, 1.82) is 0 Å². The molecular formula is C12H21N3O2S. The van der Waals surface area contributed by atoms with Gasteiger partial charge in [-0.25, -0.2) is 4.98 Å². The fourth-order valence-electron chi connectivity index (χ4n) is 1.84. The summed E-state index contributed by atoms with van der Waals surface area (Å²) in [5, 5.41) is 4.53. The number of ether oxygens (including phenoxy) is 2. The van der Waals surface area contributed by atoms with Crippen molar-refractivity contribution in [2.45, 2.75) is 13.1 Å². The zero-order chi connectivity index (χ0) is 12.6. The lowest BCUT2D eigenvalue weighted by Gasteiger charge is -2.25. The predicted octanol–water partition coefficient (Wildman–Crippen LogP) is 0.711. The van der Waals surface area contributed by atoms with Crippen molar-refractivity contribution in [3.8, 4) is 0 Å². The molecule has 1 saturated heterocycles. The molecule has 1 aromatic heterocycles. The molecule has 0 unspecified atom stereocenters. The van der Waals surface area contributed by atoms with Crippen molar-refractivity contribution < 1.29 is 9.47 Å². The van der Waals surface area contributed by atoms with Crippen LogP contribution in [0.5, 0.6) is 0 Å². The number of rotatable bonds is 7. The summed E-state index contributed by atoms with van der Waals surface area (Å²) >= 11 is 1.79. The number of nitrogens with zero attached hydrogens (tertiary/aromatic N) is 2. The molecular weight excluding hydrogens is 250 g/mol. The van der Waals surface area contributed by atoms with Crippen molar-refractivity contribution in [2.24, 2.45) is 0 Å². The highest BCUT2D eigenvalue weighted by atomic mass is 32.1. The second-order valence-electron chi connectivity index (χ2n) is 4.28. The summed E-state index contributed by atoms with van der Waals surface area (Å²) in [5.41, 5.74) is 0. The molecule has 5 nitrogen and oxygen atoms in total. The molecule has 0 spiro atoms.